The van der Waals surface area contributed by atoms with Gasteiger partial charge in [0.2, 0.25) is 0 Å². The standard InChI is InChI=1S/C15H8Cl2F4N2O2/c16-9-3-1-7(15(19,20)21)5-12(9)23-14(25)13(24)22-8-2-4-11(18)10(17)6-8/h1-6H,(H,22,24)(H,23,25). The molecule has 0 aliphatic rings. The lowest BCUT2D eigenvalue weighted by Crippen LogP contribution is -2.29. The lowest BCUT2D eigenvalue weighted by atomic mass is 10.2. The van der Waals surface area contributed by atoms with E-state index in [0.29, 0.717) is 6.07 Å². The Balaban J connectivity index is 2.13. The third-order valence-corrected chi connectivity index (χ3v) is 3.54. The second-order valence-corrected chi connectivity index (χ2v) is 5.54. The van der Waals surface area contributed by atoms with Crippen molar-refractivity contribution < 1.29 is 27.2 Å². The average molecular weight is 395 g/mol. The van der Waals surface area contributed by atoms with Gasteiger partial charge in [-0.3, -0.25) is 9.59 Å². The Bertz CT molecular complexity index is 841. The molecule has 2 N–H and O–H groups in total. The van der Waals surface area contributed by atoms with Crippen molar-refractivity contribution >= 4 is 46.4 Å². The summed E-state index contributed by atoms with van der Waals surface area (Å²) in [6.45, 7) is 0. The van der Waals surface area contributed by atoms with Crippen LogP contribution in [0.25, 0.3) is 0 Å². The first-order valence-corrected chi connectivity index (χ1v) is 7.27. The van der Waals surface area contributed by atoms with Crippen molar-refractivity contribution in [2.24, 2.45) is 0 Å². The highest BCUT2D eigenvalue weighted by atomic mass is 35.5. The molecule has 0 unspecified atom stereocenters. The topological polar surface area (TPSA) is 58.2 Å². The van der Waals surface area contributed by atoms with E-state index in [2.05, 4.69) is 5.32 Å². The van der Waals surface area contributed by atoms with Crippen molar-refractivity contribution in [2.45, 2.75) is 6.18 Å². The van der Waals surface area contributed by atoms with Crippen LogP contribution >= 0.6 is 23.2 Å². The van der Waals surface area contributed by atoms with Crippen LogP contribution in [0.4, 0.5) is 28.9 Å². The van der Waals surface area contributed by atoms with Gasteiger partial charge in [-0.15, -0.1) is 0 Å². The van der Waals surface area contributed by atoms with E-state index < -0.39 is 29.4 Å². The summed E-state index contributed by atoms with van der Waals surface area (Å²) >= 11 is 11.3. The molecule has 4 nitrogen and oxygen atoms in total. The molecule has 0 aromatic heterocycles. The first kappa shape index (κ1) is 19.0. The van der Waals surface area contributed by atoms with Crippen LogP contribution in [0.2, 0.25) is 10.0 Å². The summed E-state index contributed by atoms with van der Waals surface area (Å²) in [6, 6.07) is 5.47. The van der Waals surface area contributed by atoms with Gasteiger partial charge < -0.3 is 10.6 Å². The maximum Gasteiger partial charge on any atom is 0.416 e. The van der Waals surface area contributed by atoms with Crippen molar-refractivity contribution in [3.63, 3.8) is 0 Å². The number of alkyl halides is 3. The zero-order valence-electron chi connectivity index (χ0n) is 12.0. The molecule has 0 heterocycles. The minimum atomic E-state index is -4.64. The number of amides is 2. The molecular formula is C15H8Cl2F4N2O2. The number of benzene rings is 2. The SMILES string of the molecule is O=C(Nc1ccc(F)c(Cl)c1)C(=O)Nc1cc(C(F)(F)F)ccc1Cl. The molecule has 2 amide bonds. The number of halogens is 6. The summed E-state index contributed by atoms with van der Waals surface area (Å²) in [5, 5.41) is 3.65. The van der Waals surface area contributed by atoms with Gasteiger partial charge in [0.25, 0.3) is 0 Å². The van der Waals surface area contributed by atoms with Crippen molar-refractivity contribution in [3.8, 4) is 0 Å². The summed E-state index contributed by atoms with van der Waals surface area (Å²) in [6.07, 6.45) is -4.64. The Kier molecular flexibility index (Phi) is 5.54. The molecule has 0 fully saturated rings. The molecule has 0 radical (unpaired) electrons. The van der Waals surface area contributed by atoms with E-state index >= 15 is 0 Å². The van der Waals surface area contributed by atoms with E-state index in [-0.39, 0.29) is 21.4 Å². The van der Waals surface area contributed by atoms with Gasteiger partial charge in [0.05, 0.1) is 21.3 Å². The van der Waals surface area contributed by atoms with E-state index in [1.54, 1.807) is 0 Å². The van der Waals surface area contributed by atoms with Gasteiger partial charge in [-0.25, -0.2) is 4.39 Å². The average Bonchev–Trinajstić information content (AvgIpc) is 2.51. The number of nitrogens with one attached hydrogen (secondary N) is 2. The van der Waals surface area contributed by atoms with Crippen LogP contribution in [-0.4, -0.2) is 11.8 Å². The van der Waals surface area contributed by atoms with E-state index in [1.165, 1.54) is 0 Å². The first-order valence-electron chi connectivity index (χ1n) is 6.52. The van der Waals surface area contributed by atoms with Crippen molar-refractivity contribution in [1.29, 1.82) is 0 Å². The monoisotopic (exact) mass is 394 g/mol. The van der Waals surface area contributed by atoms with Gasteiger partial charge in [-0.2, -0.15) is 13.2 Å². The number of hydrogen-bond acceptors (Lipinski definition) is 2. The zero-order valence-corrected chi connectivity index (χ0v) is 13.6. The summed E-state index contributed by atoms with van der Waals surface area (Å²) in [5.74, 6) is -3.18. The van der Waals surface area contributed by atoms with Gasteiger partial charge in [0, 0.05) is 5.69 Å². The van der Waals surface area contributed by atoms with Gasteiger partial charge in [-0.05, 0) is 36.4 Å². The second-order valence-electron chi connectivity index (χ2n) is 4.73. The minimum absolute atomic E-state index is 0.0293. The summed E-state index contributed by atoms with van der Waals surface area (Å²) in [7, 11) is 0. The Labute approximate surface area is 148 Å². The molecular weight excluding hydrogens is 387 g/mol. The fraction of sp³-hybridized carbons (Fsp3) is 0.0667. The molecule has 0 aliphatic carbocycles. The Hall–Kier alpha value is -2.32. The third kappa shape index (κ3) is 4.83. The van der Waals surface area contributed by atoms with Crippen LogP contribution in [0.3, 0.4) is 0 Å². The largest absolute Gasteiger partial charge is 0.416 e. The summed E-state index contributed by atoms with van der Waals surface area (Å²) in [4.78, 5) is 23.6. The van der Waals surface area contributed by atoms with Crippen LogP contribution in [0, 0.1) is 5.82 Å². The van der Waals surface area contributed by atoms with E-state index in [0.717, 1.165) is 30.3 Å². The predicted molar refractivity (Wildman–Crippen MR) is 85.1 cm³/mol. The number of rotatable bonds is 2. The van der Waals surface area contributed by atoms with E-state index in [1.807, 2.05) is 5.32 Å². The fourth-order valence-corrected chi connectivity index (χ4v) is 2.08. The highest BCUT2D eigenvalue weighted by molar-refractivity contribution is 6.45. The smallest absolute Gasteiger partial charge is 0.318 e. The van der Waals surface area contributed by atoms with Crippen LogP contribution < -0.4 is 10.6 Å². The molecule has 2 rings (SSSR count). The third-order valence-electron chi connectivity index (χ3n) is 2.93. The molecule has 0 aliphatic heterocycles. The van der Waals surface area contributed by atoms with Crippen LogP contribution in [0.1, 0.15) is 5.56 Å². The Morgan fingerprint density at radius 2 is 1.52 bits per heavy atom. The molecule has 0 saturated carbocycles. The normalized spacial score (nSPS) is 11.1. The molecule has 0 spiro atoms. The number of hydrogen-bond donors (Lipinski definition) is 2. The van der Waals surface area contributed by atoms with E-state index in [4.69, 9.17) is 23.2 Å². The maximum absolute atomic E-state index is 13.0. The summed E-state index contributed by atoms with van der Waals surface area (Å²) < 4.78 is 51.1. The van der Waals surface area contributed by atoms with Gasteiger partial charge >= 0.3 is 18.0 Å². The predicted octanol–water partition coefficient (Wildman–Crippen LogP) is 4.73. The van der Waals surface area contributed by atoms with Gasteiger partial charge in [-0.1, -0.05) is 23.2 Å². The zero-order chi connectivity index (χ0) is 18.8. The quantitative estimate of drug-likeness (QED) is 0.571. The molecule has 0 saturated heterocycles. The Morgan fingerprint density at radius 1 is 0.880 bits per heavy atom. The number of anilines is 2. The maximum atomic E-state index is 13.0. The van der Waals surface area contributed by atoms with Gasteiger partial charge in [0.15, 0.2) is 0 Å². The summed E-state index contributed by atoms with van der Waals surface area (Å²) in [5.41, 5.74) is -1.40. The minimum Gasteiger partial charge on any atom is -0.318 e. The molecule has 25 heavy (non-hydrogen) atoms. The number of carbonyl (C=O) groups excluding carboxylic acids is 2. The highest BCUT2D eigenvalue weighted by Gasteiger charge is 2.31. The van der Waals surface area contributed by atoms with Crippen LogP contribution in [0.15, 0.2) is 36.4 Å². The molecule has 0 atom stereocenters. The second kappa shape index (κ2) is 7.28. The van der Waals surface area contributed by atoms with E-state index in [9.17, 15) is 27.2 Å². The molecule has 2 aromatic carbocycles. The lowest BCUT2D eigenvalue weighted by molar-refractivity contribution is -0.137. The van der Waals surface area contributed by atoms with Crippen molar-refractivity contribution in [3.05, 3.63) is 57.8 Å². The van der Waals surface area contributed by atoms with Gasteiger partial charge in [0.1, 0.15) is 5.82 Å². The highest BCUT2D eigenvalue weighted by Crippen LogP contribution is 2.33. The van der Waals surface area contributed by atoms with Crippen LogP contribution in [0.5, 0.6) is 0 Å². The molecule has 10 heteroatoms. The first-order chi connectivity index (χ1) is 11.6. The molecule has 132 valence electrons. The fourth-order valence-electron chi connectivity index (χ4n) is 1.74. The number of carbonyl (C=O) groups is 2. The molecule has 2 aromatic rings. The van der Waals surface area contributed by atoms with Crippen molar-refractivity contribution in [1.82, 2.24) is 0 Å². The molecule has 0 bridgehead atoms. The Morgan fingerprint density at radius 3 is 2.12 bits per heavy atom. The van der Waals surface area contributed by atoms with Crippen molar-refractivity contribution in [2.75, 3.05) is 10.6 Å². The lowest BCUT2D eigenvalue weighted by Gasteiger charge is -2.11. The van der Waals surface area contributed by atoms with Crippen LogP contribution in [-0.2, 0) is 15.8 Å².